The van der Waals surface area contributed by atoms with E-state index in [-0.39, 0.29) is 17.2 Å². The van der Waals surface area contributed by atoms with Crippen LogP contribution in [0.25, 0.3) is 0 Å². The van der Waals surface area contributed by atoms with Gasteiger partial charge in [-0.25, -0.2) is 0 Å². The fourth-order valence-corrected chi connectivity index (χ4v) is 2.90. The molecule has 19 heavy (non-hydrogen) atoms. The molecule has 0 spiro atoms. The molecule has 0 unspecified atom stereocenters. The number of nitrogens with zero attached hydrogens (tertiary/aromatic N) is 2. The maximum atomic E-state index is 10.8. The van der Waals surface area contributed by atoms with Gasteiger partial charge in [-0.15, -0.1) is 0 Å². The highest BCUT2D eigenvalue weighted by molar-refractivity contribution is 5.58. The first kappa shape index (κ1) is 13.8. The molecule has 0 amide bonds. The second-order valence-electron chi connectivity index (χ2n) is 5.08. The summed E-state index contributed by atoms with van der Waals surface area (Å²) in [4.78, 5) is 12.6. The molecule has 1 aliphatic rings. The van der Waals surface area contributed by atoms with E-state index >= 15 is 0 Å². The summed E-state index contributed by atoms with van der Waals surface area (Å²) in [5.41, 5.74) is 2.03. The molecule has 1 saturated carbocycles. The lowest BCUT2D eigenvalue weighted by Crippen LogP contribution is -2.36. The number of aliphatic hydroxyl groups excluding tert-OH is 1. The van der Waals surface area contributed by atoms with Gasteiger partial charge in [0.15, 0.2) is 0 Å². The van der Waals surface area contributed by atoms with Crippen molar-refractivity contribution in [1.29, 1.82) is 0 Å². The molecule has 0 aliphatic heterocycles. The van der Waals surface area contributed by atoms with Crippen molar-refractivity contribution in [2.45, 2.75) is 38.6 Å². The second-order valence-corrected chi connectivity index (χ2v) is 5.08. The average molecular weight is 264 g/mol. The van der Waals surface area contributed by atoms with Gasteiger partial charge >= 0.3 is 0 Å². The summed E-state index contributed by atoms with van der Waals surface area (Å²) in [7, 11) is 0. The summed E-state index contributed by atoms with van der Waals surface area (Å²) in [5.74, 6) is 0. The van der Waals surface area contributed by atoms with Gasteiger partial charge in [-0.1, -0.05) is 12.8 Å². The molecule has 0 saturated heterocycles. The zero-order chi connectivity index (χ0) is 13.8. The minimum absolute atomic E-state index is 0.104. The van der Waals surface area contributed by atoms with Crippen LogP contribution in [-0.2, 0) is 0 Å². The highest BCUT2D eigenvalue weighted by Gasteiger charge is 2.24. The number of benzene rings is 1. The Morgan fingerprint density at radius 1 is 1.42 bits per heavy atom. The van der Waals surface area contributed by atoms with Crippen LogP contribution in [0.15, 0.2) is 18.2 Å². The Morgan fingerprint density at radius 2 is 2.11 bits per heavy atom. The zero-order valence-electron chi connectivity index (χ0n) is 11.2. The Balaban J connectivity index is 2.28. The van der Waals surface area contributed by atoms with Crippen molar-refractivity contribution >= 4 is 11.4 Å². The first-order valence-electron chi connectivity index (χ1n) is 6.76. The lowest BCUT2D eigenvalue weighted by molar-refractivity contribution is -0.384. The maximum Gasteiger partial charge on any atom is 0.269 e. The van der Waals surface area contributed by atoms with Gasteiger partial charge in [-0.3, -0.25) is 10.1 Å². The summed E-state index contributed by atoms with van der Waals surface area (Å²) in [5, 5.41) is 20.0. The molecule has 0 heterocycles. The smallest absolute Gasteiger partial charge is 0.269 e. The van der Waals surface area contributed by atoms with Crippen molar-refractivity contribution < 1.29 is 10.0 Å². The van der Waals surface area contributed by atoms with Gasteiger partial charge in [0.2, 0.25) is 0 Å². The van der Waals surface area contributed by atoms with Crippen LogP contribution in [0.1, 0.15) is 31.2 Å². The standard InChI is InChI=1S/C14H20N2O3/c1-11-10-13(16(18)19)6-7-14(11)15(8-9-17)12-4-2-3-5-12/h6-7,10,12,17H,2-5,8-9H2,1H3. The molecule has 1 fully saturated rings. The van der Waals surface area contributed by atoms with E-state index in [1.165, 1.54) is 12.8 Å². The van der Waals surface area contributed by atoms with Gasteiger partial charge < -0.3 is 10.0 Å². The van der Waals surface area contributed by atoms with Gasteiger partial charge in [0.05, 0.1) is 11.5 Å². The van der Waals surface area contributed by atoms with Crippen LogP contribution in [0.4, 0.5) is 11.4 Å². The SMILES string of the molecule is Cc1cc([N+](=O)[O-])ccc1N(CCO)C1CCCC1. The number of rotatable bonds is 5. The molecule has 5 nitrogen and oxygen atoms in total. The normalized spacial score (nSPS) is 15.7. The van der Waals surface area contributed by atoms with Crippen LogP contribution < -0.4 is 4.90 Å². The van der Waals surface area contributed by atoms with Crippen molar-refractivity contribution in [3.8, 4) is 0 Å². The van der Waals surface area contributed by atoms with Crippen molar-refractivity contribution in [2.75, 3.05) is 18.1 Å². The van der Waals surface area contributed by atoms with Crippen LogP contribution >= 0.6 is 0 Å². The number of aliphatic hydroxyl groups is 1. The Morgan fingerprint density at radius 3 is 2.63 bits per heavy atom. The largest absolute Gasteiger partial charge is 0.395 e. The first-order valence-corrected chi connectivity index (χ1v) is 6.76. The van der Waals surface area contributed by atoms with Crippen molar-refractivity contribution in [3.05, 3.63) is 33.9 Å². The summed E-state index contributed by atoms with van der Waals surface area (Å²) in [6.07, 6.45) is 4.71. The van der Waals surface area contributed by atoms with Crippen molar-refractivity contribution in [3.63, 3.8) is 0 Å². The lowest BCUT2D eigenvalue weighted by Gasteiger charge is -2.31. The molecule has 1 aliphatic carbocycles. The molecule has 0 radical (unpaired) electrons. The Bertz CT molecular complexity index is 456. The predicted molar refractivity (Wildman–Crippen MR) is 74.5 cm³/mol. The quantitative estimate of drug-likeness (QED) is 0.656. The topological polar surface area (TPSA) is 66.6 Å². The van der Waals surface area contributed by atoms with Crippen molar-refractivity contribution in [1.82, 2.24) is 0 Å². The first-order chi connectivity index (χ1) is 9.13. The molecule has 5 heteroatoms. The minimum Gasteiger partial charge on any atom is -0.395 e. The molecule has 0 atom stereocenters. The van der Waals surface area contributed by atoms with E-state index in [0.717, 1.165) is 24.1 Å². The summed E-state index contributed by atoms with van der Waals surface area (Å²) < 4.78 is 0. The van der Waals surface area contributed by atoms with Gasteiger partial charge in [0.1, 0.15) is 0 Å². The molecule has 1 aromatic carbocycles. The number of hydrogen-bond donors (Lipinski definition) is 1. The summed E-state index contributed by atoms with van der Waals surface area (Å²) >= 11 is 0. The monoisotopic (exact) mass is 264 g/mol. The highest BCUT2D eigenvalue weighted by atomic mass is 16.6. The van der Waals surface area contributed by atoms with E-state index in [1.54, 1.807) is 18.2 Å². The van der Waals surface area contributed by atoms with Gasteiger partial charge in [0.25, 0.3) is 5.69 Å². The number of hydrogen-bond acceptors (Lipinski definition) is 4. The summed E-state index contributed by atoms with van der Waals surface area (Å²) in [6.45, 7) is 2.58. The molecule has 0 aromatic heterocycles. The number of aryl methyl sites for hydroxylation is 1. The molecule has 1 aromatic rings. The molecule has 1 N–H and O–H groups in total. The Hall–Kier alpha value is -1.62. The van der Waals surface area contributed by atoms with Gasteiger partial charge in [-0.05, 0) is 31.4 Å². The molecular weight excluding hydrogens is 244 g/mol. The van der Waals surface area contributed by atoms with E-state index in [9.17, 15) is 15.2 Å². The third-order valence-electron chi connectivity index (χ3n) is 3.81. The van der Waals surface area contributed by atoms with Crippen LogP contribution in [0.5, 0.6) is 0 Å². The highest BCUT2D eigenvalue weighted by Crippen LogP contribution is 2.31. The fourth-order valence-electron chi connectivity index (χ4n) is 2.90. The zero-order valence-corrected chi connectivity index (χ0v) is 11.2. The Labute approximate surface area is 113 Å². The maximum absolute atomic E-state index is 10.8. The molecule has 0 bridgehead atoms. The van der Waals surface area contributed by atoms with Crippen LogP contribution in [0.2, 0.25) is 0 Å². The van der Waals surface area contributed by atoms with Crippen LogP contribution in [0, 0.1) is 17.0 Å². The summed E-state index contributed by atoms with van der Waals surface area (Å²) in [6, 6.07) is 5.41. The van der Waals surface area contributed by atoms with Crippen molar-refractivity contribution in [2.24, 2.45) is 0 Å². The number of nitro groups is 1. The van der Waals surface area contributed by atoms with Crippen LogP contribution in [0.3, 0.4) is 0 Å². The Kier molecular flexibility index (Phi) is 4.37. The minimum atomic E-state index is -0.372. The lowest BCUT2D eigenvalue weighted by atomic mass is 10.1. The van der Waals surface area contributed by atoms with E-state index < -0.39 is 0 Å². The fraction of sp³-hybridized carbons (Fsp3) is 0.571. The third kappa shape index (κ3) is 3.04. The average Bonchev–Trinajstić information content (AvgIpc) is 2.90. The van der Waals surface area contributed by atoms with E-state index in [0.29, 0.717) is 12.6 Å². The molecular formula is C14H20N2O3. The molecule has 2 rings (SSSR count). The third-order valence-corrected chi connectivity index (χ3v) is 3.81. The number of anilines is 1. The van der Waals surface area contributed by atoms with E-state index in [1.807, 2.05) is 6.92 Å². The van der Waals surface area contributed by atoms with Crippen LogP contribution in [-0.4, -0.2) is 29.2 Å². The van der Waals surface area contributed by atoms with Gasteiger partial charge in [-0.2, -0.15) is 0 Å². The molecule has 104 valence electrons. The number of nitro benzene ring substituents is 1. The predicted octanol–water partition coefficient (Wildman–Crippen LogP) is 2.64. The number of non-ortho nitro benzene ring substituents is 1. The second kappa shape index (κ2) is 6.02. The van der Waals surface area contributed by atoms with E-state index in [2.05, 4.69) is 4.90 Å². The van der Waals surface area contributed by atoms with E-state index in [4.69, 9.17) is 0 Å². The van der Waals surface area contributed by atoms with Gasteiger partial charge in [0, 0.05) is 30.4 Å².